The molecule has 1 nitrogen and oxygen atoms in total. The molecule has 2 bridgehead atoms. The van der Waals surface area contributed by atoms with Crippen LogP contribution in [0.4, 0.5) is 0 Å². The van der Waals surface area contributed by atoms with Crippen LogP contribution in [0.5, 0.6) is 0 Å². The first kappa shape index (κ1) is 11.4. The van der Waals surface area contributed by atoms with E-state index in [0.29, 0.717) is 11.0 Å². The van der Waals surface area contributed by atoms with Crippen LogP contribution in [0.15, 0.2) is 0 Å². The monoisotopic (exact) mass is 209 g/mol. The van der Waals surface area contributed by atoms with E-state index in [2.05, 4.69) is 46.4 Å². The van der Waals surface area contributed by atoms with Crippen molar-refractivity contribution in [3.8, 4) is 0 Å². The van der Waals surface area contributed by atoms with Gasteiger partial charge in [0.15, 0.2) is 0 Å². The summed E-state index contributed by atoms with van der Waals surface area (Å²) < 4.78 is 0. The van der Waals surface area contributed by atoms with Gasteiger partial charge in [-0.2, -0.15) is 0 Å². The topological polar surface area (TPSA) is 3.24 Å². The first-order valence-electron chi connectivity index (χ1n) is 6.50. The fraction of sp³-hybridized carbons (Fsp3) is 1.00. The van der Waals surface area contributed by atoms with Gasteiger partial charge in [0.1, 0.15) is 0 Å². The molecule has 0 N–H and O–H groups in total. The van der Waals surface area contributed by atoms with Gasteiger partial charge in [0.05, 0.1) is 0 Å². The zero-order chi connectivity index (χ0) is 11.4. The summed E-state index contributed by atoms with van der Waals surface area (Å²) in [5, 5.41) is 0. The maximum atomic E-state index is 2.81. The van der Waals surface area contributed by atoms with Crippen molar-refractivity contribution in [1.29, 1.82) is 0 Å². The second kappa shape index (κ2) is 3.23. The van der Waals surface area contributed by atoms with Gasteiger partial charge >= 0.3 is 0 Å². The lowest BCUT2D eigenvalue weighted by atomic mass is 9.72. The minimum Gasteiger partial charge on any atom is -0.292 e. The highest BCUT2D eigenvalue weighted by Crippen LogP contribution is 2.51. The van der Waals surface area contributed by atoms with E-state index in [-0.39, 0.29) is 0 Å². The molecule has 0 radical (unpaired) electrons. The lowest BCUT2D eigenvalue weighted by Crippen LogP contribution is -2.46. The zero-order valence-corrected chi connectivity index (χ0v) is 11.3. The molecule has 0 saturated carbocycles. The Labute approximate surface area is 95.2 Å². The summed E-state index contributed by atoms with van der Waals surface area (Å²) in [6.07, 6.45) is 4.31. The van der Waals surface area contributed by atoms with Crippen LogP contribution >= 0.6 is 0 Å². The van der Waals surface area contributed by atoms with Gasteiger partial charge in [-0.05, 0) is 51.4 Å². The third kappa shape index (κ3) is 1.84. The van der Waals surface area contributed by atoms with E-state index in [0.717, 1.165) is 18.0 Å². The average Bonchev–Trinajstić information content (AvgIpc) is 2.55. The molecule has 0 aliphatic carbocycles. The van der Waals surface area contributed by atoms with Crippen LogP contribution in [0.2, 0.25) is 0 Å². The fourth-order valence-corrected chi connectivity index (χ4v) is 3.96. The number of hydrogen-bond acceptors (Lipinski definition) is 1. The Morgan fingerprint density at radius 1 is 0.933 bits per heavy atom. The predicted octanol–water partition coefficient (Wildman–Crippen LogP) is 3.68. The van der Waals surface area contributed by atoms with Gasteiger partial charge in [0.25, 0.3) is 0 Å². The Bertz CT molecular complexity index is 243. The average molecular weight is 209 g/mol. The van der Waals surface area contributed by atoms with Gasteiger partial charge in [-0.1, -0.05) is 20.8 Å². The van der Waals surface area contributed by atoms with Gasteiger partial charge in [-0.15, -0.1) is 0 Å². The highest BCUT2D eigenvalue weighted by Gasteiger charge is 2.52. The second-order valence-corrected chi connectivity index (χ2v) is 7.58. The SMILES string of the molecule is CC(C)(C)C1C[C@@H]2CC[C@H]1N2C(C)(C)C. The summed E-state index contributed by atoms with van der Waals surface area (Å²) in [4.78, 5) is 2.81. The molecule has 2 fully saturated rings. The van der Waals surface area contributed by atoms with E-state index >= 15 is 0 Å². The van der Waals surface area contributed by atoms with Gasteiger partial charge in [-0.3, -0.25) is 4.90 Å². The van der Waals surface area contributed by atoms with Gasteiger partial charge < -0.3 is 0 Å². The van der Waals surface area contributed by atoms with E-state index in [4.69, 9.17) is 0 Å². The molecule has 1 heteroatoms. The van der Waals surface area contributed by atoms with Gasteiger partial charge in [0.2, 0.25) is 0 Å². The van der Waals surface area contributed by atoms with Crippen LogP contribution in [0, 0.1) is 11.3 Å². The van der Waals surface area contributed by atoms with Crippen molar-refractivity contribution in [2.75, 3.05) is 0 Å². The molecule has 1 unspecified atom stereocenters. The molecule has 3 atom stereocenters. The van der Waals surface area contributed by atoms with E-state index < -0.39 is 0 Å². The highest BCUT2D eigenvalue weighted by molar-refractivity contribution is 5.06. The van der Waals surface area contributed by atoms with Crippen molar-refractivity contribution in [3.63, 3.8) is 0 Å². The second-order valence-electron chi connectivity index (χ2n) is 7.58. The summed E-state index contributed by atoms with van der Waals surface area (Å²) >= 11 is 0. The molecule has 0 aromatic carbocycles. The molecule has 2 heterocycles. The molecule has 0 aromatic rings. The third-order valence-corrected chi connectivity index (χ3v) is 4.42. The maximum absolute atomic E-state index is 2.81. The van der Waals surface area contributed by atoms with Crippen molar-refractivity contribution in [3.05, 3.63) is 0 Å². The number of fused-ring (bicyclic) bond motifs is 2. The summed E-state index contributed by atoms with van der Waals surface area (Å²) in [7, 11) is 0. The van der Waals surface area contributed by atoms with Crippen LogP contribution in [0.1, 0.15) is 60.8 Å². The Balaban J connectivity index is 2.20. The Hall–Kier alpha value is -0.0400. The standard InChI is InChI=1S/C14H27N/c1-13(2,3)11-9-10-7-8-12(11)15(10)14(4,5)6/h10-12H,7-9H2,1-6H3/t10-,11?,12+/m0/s1. The Kier molecular flexibility index (Phi) is 2.46. The first-order valence-corrected chi connectivity index (χ1v) is 6.50. The quantitative estimate of drug-likeness (QED) is 0.588. The molecule has 2 aliphatic rings. The fourth-order valence-electron chi connectivity index (χ4n) is 3.96. The Morgan fingerprint density at radius 3 is 1.87 bits per heavy atom. The normalized spacial score (nSPS) is 37.6. The lowest BCUT2D eigenvalue weighted by molar-refractivity contribution is 0.0887. The van der Waals surface area contributed by atoms with Crippen LogP contribution < -0.4 is 0 Å². The molecule has 0 aromatic heterocycles. The molecular weight excluding hydrogens is 182 g/mol. The van der Waals surface area contributed by atoms with E-state index in [9.17, 15) is 0 Å². The van der Waals surface area contributed by atoms with Crippen molar-refractivity contribution in [2.45, 2.75) is 78.4 Å². The summed E-state index contributed by atoms with van der Waals surface area (Å²) in [5.41, 5.74) is 0.856. The minimum absolute atomic E-state index is 0.367. The minimum atomic E-state index is 0.367. The Morgan fingerprint density at radius 2 is 1.53 bits per heavy atom. The number of hydrogen-bond donors (Lipinski definition) is 0. The van der Waals surface area contributed by atoms with Crippen molar-refractivity contribution in [1.82, 2.24) is 4.90 Å². The summed E-state index contributed by atoms with van der Waals surface area (Å²) in [5.74, 6) is 0.912. The summed E-state index contributed by atoms with van der Waals surface area (Å²) in [6.45, 7) is 14.4. The lowest BCUT2D eigenvalue weighted by Gasteiger charge is -2.39. The largest absolute Gasteiger partial charge is 0.292 e. The molecule has 15 heavy (non-hydrogen) atoms. The van der Waals surface area contributed by atoms with Crippen molar-refractivity contribution >= 4 is 0 Å². The third-order valence-electron chi connectivity index (χ3n) is 4.42. The van der Waals surface area contributed by atoms with Crippen LogP contribution in [0.25, 0.3) is 0 Å². The molecule has 2 rings (SSSR count). The first-order chi connectivity index (χ1) is 6.71. The molecule has 0 spiro atoms. The van der Waals surface area contributed by atoms with Gasteiger partial charge in [0, 0.05) is 17.6 Å². The molecule has 88 valence electrons. The molecule has 2 saturated heterocycles. The predicted molar refractivity (Wildman–Crippen MR) is 66.0 cm³/mol. The van der Waals surface area contributed by atoms with Gasteiger partial charge in [-0.25, -0.2) is 0 Å². The summed E-state index contributed by atoms with van der Waals surface area (Å²) in [6, 6.07) is 1.73. The molecular formula is C14H27N. The van der Waals surface area contributed by atoms with Crippen LogP contribution in [-0.2, 0) is 0 Å². The van der Waals surface area contributed by atoms with Crippen LogP contribution in [0.3, 0.4) is 0 Å². The zero-order valence-electron chi connectivity index (χ0n) is 11.3. The number of rotatable bonds is 0. The number of nitrogens with zero attached hydrogens (tertiary/aromatic N) is 1. The smallest absolute Gasteiger partial charge is 0.0138 e. The molecule has 0 amide bonds. The molecule has 2 aliphatic heterocycles. The van der Waals surface area contributed by atoms with Crippen molar-refractivity contribution < 1.29 is 0 Å². The van der Waals surface area contributed by atoms with E-state index in [1.54, 1.807) is 0 Å². The van der Waals surface area contributed by atoms with E-state index in [1.165, 1.54) is 19.3 Å². The van der Waals surface area contributed by atoms with Crippen LogP contribution in [-0.4, -0.2) is 22.5 Å². The van der Waals surface area contributed by atoms with E-state index in [1.807, 2.05) is 0 Å². The maximum Gasteiger partial charge on any atom is 0.0138 e. The van der Waals surface area contributed by atoms with Crippen molar-refractivity contribution in [2.24, 2.45) is 11.3 Å². The highest BCUT2D eigenvalue weighted by atomic mass is 15.3.